The molecule has 0 aliphatic carbocycles. The molecule has 2 atom stereocenters. The third kappa shape index (κ3) is 7.20. The Hall–Kier alpha value is -4.28. The molecule has 0 spiro atoms. The molecule has 2 aromatic rings. The molecule has 0 aliphatic heterocycles. The molecule has 0 unspecified atom stereocenters. The number of hydrogen-bond donors (Lipinski definition) is 1. The van der Waals surface area contributed by atoms with Gasteiger partial charge in [-0.05, 0) is 12.5 Å². The summed E-state index contributed by atoms with van der Waals surface area (Å²) < 4.78 is 10.4. The van der Waals surface area contributed by atoms with Crippen LogP contribution in [0, 0.1) is 20.2 Å². The lowest BCUT2D eigenvalue weighted by Crippen LogP contribution is -2.36. The molecule has 11 heteroatoms. The first-order valence-electron chi connectivity index (χ1n) is 9.44. The fourth-order valence-electron chi connectivity index (χ4n) is 2.70. The number of nitro groups is 2. The highest BCUT2D eigenvalue weighted by molar-refractivity contribution is 5.91. The smallest absolute Gasteiger partial charge is 0.407 e. The average Bonchev–Trinajstić information content (AvgIpc) is 2.77. The molecule has 0 radical (unpaired) electrons. The second kappa shape index (κ2) is 11.2. The van der Waals surface area contributed by atoms with Gasteiger partial charge in [-0.1, -0.05) is 43.0 Å². The van der Waals surface area contributed by atoms with E-state index in [4.69, 9.17) is 9.47 Å². The molecule has 0 saturated carbocycles. The number of alkyl carbamates (subject to hydrolysis) is 1. The van der Waals surface area contributed by atoms with Crippen molar-refractivity contribution in [1.29, 1.82) is 0 Å². The van der Waals surface area contributed by atoms with E-state index in [1.54, 1.807) is 6.92 Å². The minimum atomic E-state index is -0.999. The van der Waals surface area contributed by atoms with Crippen LogP contribution in [-0.2, 0) is 16.1 Å². The SMILES string of the molecule is C=C[C@@H](C[C@H](C)NC(=O)OCc1ccccc1)OC(=O)c1cc([N+](=O)[O-])cc([N+](=O)[O-])c1. The lowest BCUT2D eigenvalue weighted by atomic mass is 10.1. The summed E-state index contributed by atoms with van der Waals surface area (Å²) in [5.74, 6) is -0.999. The summed E-state index contributed by atoms with van der Waals surface area (Å²) in [7, 11) is 0. The Kier molecular flexibility index (Phi) is 8.40. The third-order valence-corrected chi connectivity index (χ3v) is 4.24. The van der Waals surface area contributed by atoms with E-state index in [1.807, 2.05) is 30.3 Å². The van der Waals surface area contributed by atoms with E-state index in [-0.39, 0.29) is 18.6 Å². The van der Waals surface area contributed by atoms with Crippen molar-refractivity contribution in [3.05, 3.63) is 92.5 Å². The molecular formula is C21H21N3O8. The lowest BCUT2D eigenvalue weighted by Gasteiger charge is -2.19. The molecule has 1 N–H and O–H groups in total. The number of nitro benzene ring substituents is 2. The van der Waals surface area contributed by atoms with Crippen LogP contribution >= 0.6 is 0 Å². The van der Waals surface area contributed by atoms with Gasteiger partial charge < -0.3 is 14.8 Å². The van der Waals surface area contributed by atoms with Crippen LogP contribution in [0.2, 0.25) is 0 Å². The van der Waals surface area contributed by atoms with Gasteiger partial charge in [0.2, 0.25) is 0 Å². The minimum absolute atomic E-state index is 0.0881. The molecule has 2 rings (SSSR count). The van der Waals surface area contributed by atoms with Crippen LogP contribution in [0.25, 0.3) is 0 Å². The van der Waals surface area contributed by atoms with Gasteiger partial charge in [0, 0.05) is 24.6 Å². The van der Waals surface area contributed by atoms with Crippen molar-refractivity contribution >= 4 is 23.4 Å². The average molecular weight is 443 g/mol. The summed E-state index contributed by atoms with van der Waals surface area (Å²) in [5, 5.41) is 24.6. The highest BCUT2D eigenvalue weighted by Gasteiger charge is 2.23. The van der Waals surface area contributed by atoms with Gasteiger partial charge >= 0.3 is 12.1 Å². The van der Waals surface area contributed by atoms with E-state index in [2.05, 4.69) is 11.9 Å². The normalized spacial score (nSPS) is 12.2. The molecule has 0 fully saturated rings. The van der Waals surface area contributed by atoms with E-state index in [0.717, 1.165) is 23.8 Å². The molecule has 168 valence electrons. The van der Waals surface area contributed by atoms with Gasteiger partial charge in [0.25, 0.3) is 11.4 Å². The number of nitrogens with zero attached hydrogens (tertiary/aromatic N) is 2. The van der Waals surface area contributed by atoms with Crippen molar-refractivity contribution in [3.8, 4) is 0 Å². The maximum atomic E-state index is 12.4. The van der Waals surface area contributed by atoms with Crippen molar-refractivity contribution in [3.63, 3.8) is 0 Å². The van der Waals surface area contributed by atoms with Gasteiger partial charge in [0.05, 0.1) is 21.5 Å². The van der Waals surface area contributed by atoms with Crippen LogP contribution in [0.4, 0.5) is 16.2 Å². The first-order valence-corrected chi connectivity index (χ1v) is 9.44. The maximum Gasteiger partial charge on any atom is 0.407 e. The highest BCUT2D eigenvalue weighted by atomic mass is 16.6. The Morgan fingerprint density at radius 2 is 1.69 bits per heavy atom. The molecule has 0 aromatic heterocycles. The van der Waals surface area contributed by atoms with Gasteiger partial charge in [-0.2, -0.15) is 0 Å². The number of non-ortho nitro benzene ring substituents is 2. The van der Waals surface area contributed by atoms with Crippen LogP contribution in [-0.4, -0.2) is 34.1 Å². The number of rotatable bonds is 10. The Bertz CT molecular complexity index is 977. The van der Waals surface area contributed by atoms with E-state index in [0.29, 0.717) is 0 Å². The van der Waals surface area contributed by atoms with Crippen LogP contribution in [0.5, 0.6) is 0 Å². The Morgan fingerprint density at radius 1 is 1.09 bits per heavy atom. The van der Waals surface area contributed by atoms with Gasteiger partial charge in [-0.15, -0.1) is 0 Å². The second-order valence-corrected chi connectivity index (χ2v) is 6.77. The van der Waals surface area contributed by atoms with Crippen molar-refractivity contribution in [1.82, 2.24) is 5.32 Å². The number of hydrogen-bond acceptors (Lipinski definition) is 8. The lowest BCUT2D eigenvalue weighted by molar-refractivity contribution is -0.394. The van der Waals surface area contributed by atoms with E-state index < -0.39 is 45.4 Å². The number of carbonyl (C=O) groups is 2. The van der Waals surface area contributed by atoms with E-state index in [1.165, 1.54) is 6.08 Å². The third-order valence-electron chi connectivity index (χ3n) is 4.24. The van der Waals surface area contributed by atoms with E-state index in [9.17, 15) is 29.8 Å². The van der Waals surface area contributed by atoms with Crippen molar-refractivity contribution < 1.29 is 28.9 Å². The van der Waals surface area contributed by atoms with Crippen molar-refractivity contribution in [2.24, 2.45) is 0 Å². The van der Waals surface area contributed by atoms with Crippen LogP contribution in [0.15, 0.2) is 61.2 Å². The number of benzene rings is 2. The molecular weight excluding hydrogens is 422 g/mol. The summed E-state index contributed by atoms with van der Waals surface area (Å²) in [6.45, 7) is 5.32. The van der Waals surface area contributed by atoms with Crippen molar-refractivity contribution in [2.45, 2.75) is 32.1 Å². The Balaban J connectivity index is 1.95. The number of nitrogens with one attached hydrogen (secondary N) is 1. The van der Waals surface area contributed by atoms with Crippen LogP contribution in [0.1, 0.15) is 29.3 Å². The van der Waals surface area contributed by atoms with Gasteiger partial charge in [-0.25, -0.2) is 9.59 Å². The Morgan fingerprint density at radius 3 is 2.22 bits per heavy atom. The number of ether oxygens (including phenoxy) is 2. The van der Waals surface area contributed by atoms with Gasteiger partial charge in [0.1, 0.15) is 12.7 Å². The summed E-state index contributed by atoms with van der Waals surface area (Å²) in [5.41, 5.74) is -0.755. The fraction of sp³-hybridized carbons (Fsp3) is 0.238. The Labute approximate surface area is 182 Å². The molecule has 32 heavy (non-hydrogen) atoms. The maximum absolute atomic E-state index is 12.4. The quantitative estimate of drug-likeness (QED) is 0.251. The predicted octanol–water partition coefficient (Wildman–Crippen LogP) is 3.92. The zero-order valence-electron chi connectivity index (χ0n) is 17.1. The van der Waals surface area contributed by atoms with Crippen LogP contribution < -0.4 is 5.32 Å². The zero-order chi connectivity index (χ0) is 23.7. The summed E-state index contributed by atoms with van der Waals surface area (Å²) in [6.07, 6.45) is -0.0841. The summed E-state index contributed by atoms with van der Waals surface area (Å²) in [6, 6.07) is 11.1. The van der Waals surface area contributed by atoms with Crippen molar-refractivity contribution in [2.75, 3.05) is 0 Å². The van der Waals surface area contributed by atoms with E-state index >= 15 is 0 Å². The monoisotopic (exact) mass is 443 g/mol. The predicted molar refractivity (Wildman–Crippen MR) is 113 cm³/mol. The summed E-state index contributed by atoms with van der Waals surface area (Å²) >= 11 is 0. The number of esters is 1. The molecule has 1 amide bonds. The molecule has 0 heterocycles. The first kappa shape index (κ1) is 24.0. The largest absolute Gasteiger partial charge is 0.454 e. The molecule has 0 saturated heterocycles. The number of carbonyl (C=O) groups excluding carboxylic acids is 2. The first-order chi connectivity index (χ1) is 15.2. The number of amides is 1. The minimum Gasteiger partial charge on any atom is -0.454 e. The zero-order valence-corrected chi connectivity index (χ0v) is 17.1. The molecule has 2 aromatic carbocycles. The standard InChI is InChI=1S/C21H21N3O8/c1-3-19(9-14(2)22-21(26)31-13-15-7-5-4-6-8-15)32-20(25)16-10-17(23(27)28)12-18(11-16)24(29)30/h3-8,10-12,14,19H,1,9,13H2,2H3,(H,22,26)/t14-,19-/m0/s1. The fourth-order valence-corrected chi connectivity index (χ4v) is 2.70. The second-order valence-electron chi connectivity index (χ2n) is 6.77. The molecule has 0 bridgehead atoms. The van der Waals surface area contributed by atoms with Gasteiger partial charge in [-0.3, -0.25) is 20.2 Å². The summed E-state index contributed by atoms with van der Waals surface area (Å²) in [4.78, 5) is 44.6. The molecule has 0 aliphatic rings. The topological polar surface area (TPSA) is 151 Å². The van der Waals surface area contributed by atoms with Crippen LogP contribution in [0.3, 0.4) is 0 Å². The van der Waals surface area contributed by atoms with Gasteiger partial charge in [0.15, 0.2) is 0 Å². The molecule has 11 nitrogen and oxygen atoms in total. The highest BCUT2D eigenvalue weighted by Crippen LogP contribution is 2.23.